The zero-order chi connectivity index (χ0) is 13.3. The Labute approximate surface area is 109 Å². The molecule has 2 N–H and O–H groups in total. The Kier molecular flexibility index (Phi) is 3.71. The number of carbonyl (C=O) groups is 1. The average Bonchev–Trinajstić information content (AvgIpc) is 2.69. The van der Waals surface area contributed by atoms with Gasteiger partial charge in [0.25, 0.3) is 0 Å². The predicted molar refractivity (Wildman–Crippen MR) is 74.8 cm³/mol. The molecule has 0 bridgehead atoms. The van der Waals surface area contributed by atoms with Gasteiger partial charge in [0.2, 0.25) is 5.91 Å². The van der Waals surface area contributed by atoms with E-state index in [1.165, 1.54) is 5.56 Å². The van der Waals surface area contributed by atoms with E-state index in [2.05, 4.69) is 36.6 Å². The van der Waals surface area contributed by atoms with Crippen LogP contribution in [0.5, 0.6) is 0 Å². The zero-order valence-electron chi connectivity index (χ0n) is 11.6. The molecule has 2 atom stereocenters. The van der Waals surface area contributed by atoms with E-state index in [-0.39, 0.29) is 11.8 Å². The van der Waals surface area contributed by atoms with Crippen LogP contribution >= 0.6 is 0 Å². The van der Waals surface area contributed by atoms with E-state index in [0.29, 0.717) is 5.92 Å². The van der Waals surface area contributed by atoms with Crippen LogP contribution in [0.15, 0.2) is 12.1 Å². The van der Waals surface area contributed by atoms with Crippen molar-refractivity contribution in [3.05, 3.63) is 28.8 Å². The summed E-state index contributed by atoms with van der Waals surface area (Å²) < 4.78 is 0. The normalized spacial score (nSPS) is 23.1. The maximum Gasteiger partial charge on any atom is 0.229 e. The second-order valence-electron chi connectivity index (χ2n) is 5.50. The Balaban J connectivity index is 2.17. The summed E-state index contributed by atoms with van der Waals surface area (Å²) in [7, 11) is 0. The molecule has 18 heavy (non-hydrogen) atoms. The third-order valence-electron chi connectivity index (χ3n) is 3.78. The average molecular weight is 246 g/mol. The Morgan fingerprint density at radius 3 is 2.33 bits per heavy atom. The quantitative estimate of drug-likeness (QED) is 0.841. The van der Waals surface area contributed by atoms with E-state index < -0.39 is 0 Å². The first kappa shape index (κ1) is 13.1. The molecule has 2 rings (SSSR count). The highest BCUT2D eigenvalue weighted by molar-refractivity contribution is 5.94. The lowest BCUT2D eigenvalue weighted by atomic mass is 9.96. The summed E-state index contributed by atoms with van der Waals surface area (Å²) in [6.45, 7) is 10.0. The van der Waals surface area contributed by atoms with E-state index in [1.54, 1.807) is 0 Å². The second kappa shape index (κ2) is 5.11. The van der Waals surface area contributed by atoms with Crippen molar-refractivity contribution in [3.8, 4) is 0 Å². The fourth-order valence-electron chi connectivity index (χ4n) is 2.75. The molecular weight excluding hydrogens is 224 g/mol. The summed E-state index contributed by atoms with van der Waals surface area (Å²) in [4.78, 5) is 12.3. The van der Waals surface area contributed by atoms with Gasteiger partial charge in [-0.1, -0.05) is 24.6 Å². The summed E-state index contributed by atoms with van der Waals surface area (Å²) in [5.41, 5.74) is 4.49. The number of aryl methyl sites for hydroxylation is 3. The number of anilines is 1. The van der Waals surface area contributed by atoms with Crippen LogP contribution in [0.2, 0.25) is 0 Å². The first-order valence-corrected chi connectivity index (χ1v) is 6.58. The number of nitrogens with one attached hydrogen (secondary N) is 2. The Hall–Kier alpha value is -1.35. The van der Waals surface area contributed by atoms with Gasteiger partial charge in [-0.25, -0.2) is 0 Å². The molecular formula is C15H22N2O. The number of carbonyl (C=O) groups excluding carboxylic acids is 1. The number of hydrogen-bond donors (Lipinski definition) is 2. The van der Waals surface area contributed by atoms with Crippen molar-refractivity contribution in [1.82, 2.24) is 5.32 Å². The molecule has 1 heterocycles. The van der Waals surface area contributed by atoms with E-state index in [4.69, 9.17) is 0 Å². The van der Waals surface area contributed by atoms with Gasteiger partial charge < -0.3 is 10.6 Å². The first-order valence-electron chi connectivity index (χ1n) is 6.58. The van der Waals surface area contributed by atoms with Crippen molar-refractivity contribution in [2.24, 2.45) is 11.8 Å². The second-order valence-corrected chi connectivity index (χ2v) is 5.50. The highest BCUT2D eigenvalue weighted by atomic mass is 16.1. The van der Waals surface area contributed by atoms with Crippen LogP contribution in [0.4, 0.5) is 5.69 Å². The van der Waals surface area contributed by atoms with E-state index in [1.807, 2.05) is 13.8 Å². The molecule has 1 aliphatic rings. The highest BCUT2D eigenvalue weighted by Gasteiger charge is 2.29. The van der Waals surface area contributed by atoms with Gasteiger partial charge in [0.15, 0.2) is 0 Å². The maximum atomic E-state index is 12.3. The summed E-state index contributed by atoms with van der Waals surface area (Å²) in [6, 6.07) is 4.22. The molecule has 1 aromatic carbocycles. The number of rotatable bonds is 2. The van der Waals surface area contributed by atoms with Gasteiger partial charge in [-0.05, 0) is 44.4 Å². The summed E-state index contributed by atoms with van der Waals surface area (Å²) >= 11 is 0. The lowest BCUT2D eigenvalue weighted by Gasteiger charge is -2.17. The van der Waals surface area contributed by atoms with Crippen molar-refractivity contribution in [3.63, 3.8) is 0 Å². The largest absolute Gasteiger partial charge is 0.325 e. The van der Waals surface area contributed by atoms with Crippen molar-refractivity contribution >= 4 is 11.6 Å². The van der Waals surface area contributed by atoms with Gasteiger partial charge in [-0.15, -0.1) is 0 Å². The molecule has 1 amide bonds. The Morgan fingerprint density at radius 2 is 1.83 bits per heavy atom. The minimum Gasteiger partial charge on any atom is -0.325 e. The van der Waals surface area contributed by atoms with Gasteiger partial charge in [0.1, 0.15) is 0 Å². The lowest BCUT2D eigenvalue weighted by Crippen LogP contribution is -2.28. The van der Waals surface area contributed by atoms with Crippen molar-refractivity contribution < 1.29 is 4.79 Å². The van der Waals surface area contributed by atoms with Crippen LogP contribution in [0.25, 0.3) is 0 Å². The third-order valence-corrected chi connectivity index (χ3v) is 3.78. The van der Waals surface area contributed by atoms with Crippen molar-refractivity contribution in [1.29, 1.82) is 0 Å². The van der Waals surface area contributed by atoms with Crippen LogP contribution in [-0.2, 0) is 4.79 Å². The van der Waals surface area contributed by atoms with Gasteiger partial charge in [-0.2, -0.15) is 0 Å². The number of benzene rings is 1. The molecule has 0 spiro atoms. The fraction of sp³-hybridized carbons (Fsp3) is 0.533. The first-order chi connectivity index (χ1) is 8.49. The van der Waals surface area contributed by atoms with Crippen LogP contribution in [0, 0.1) is 32.6 Å². The molecule has 0 aliphatic carbocycles. The Morgan fingerprint density at radius 1 is 1.22 bits per heavy atom. The van der Waals surface area contributed by atoms with Crippen LogP contribution < -0.4 is 10.6 Å². The topological polar surface area (TPSA) is 41.1 Å². The van der Waals surface area contributed by atoms with Gasteiger partial charge >= 0.3 is 0 Å². The zero-order valence-corrected chi connectivity index (χ0v) is 11.6. The molecule has 0 saturated carbocycles. The van der Waals surface area contributed by atoms with Gasteiger partial charge in [0, 0.05) is 12.2 Å². The minimum absolute atomic E-state index is 0.0881. The van der Waals surface area contributed by atoms with Crippen LogP contribution in [0.1, 0.15) is 23.6 Å². The lowest BCUT2D eigenvalue weighted by molar-refractivity contribution is -0.120. The van der Waals surface area contributed by atoms with Gasteiger partial charge in [-0.3, -0.25) is 4.79 Å². The monoisotopic (exact) mass is 246 g/mol. The molecule has 3 nitrogen and oxygen atoms in total. The molecule has 2 unspecified atom stereocenters. The molecule has 3 heteroatoms. The molecule has 1 aliphatic heterocycles. The van der Waals surface area contributed by atoms with E-state index in [9.17, 15) is 4.79 Å². The molecule has 0 aromatic heterocycles. The molecule has 1 fully saturated rings. The van der Waals surface area contributed by atoms with Crippen LogP contribution in [0.3, 0.4) is 0 Å². The third kappa shape index (κ3) is 2.56. The van der Waals surface area contributed by atoms with E-state index >= 15 is 0 Å². The smallest absolute Gasteiger partial charge is 0.229 e. The Bertz CT molecular complexity index is 445. The standard InChI is InChI=1S/C15H22N2O/c1-9-5-10(2)14(11(3)6-9)17-15(18)13-8-16-7-12(13)4/h5-6,12-13,16H,7-8H2,1-4H3,(H,17,18). The summed E-state index contributed by atoms with van der Waals surface area (Å²) in [5, 5.41) is 6.37. The molecule has 1 saturated heterocycles. The highest BCUT2D eigenvalue weighted by Crippen LogP contribution is 2.24. The maximum absolute atomic E-state index is 12.3. The van der Waals surface area contributed by atoms with Crippen molar-refractivity contribution in [2.75, 3.05) is 18.4 Å². The summed E-state index contributed by atoms with van der Waals surface area (Å²) in [5.74, 6) is 0.642. The van der Waals surface area contributed by atoms with Crippen molar-refractivity contribution in [2.45, 2.75) is 27.7 Å². The van der Waals surface area contributed by atoms with E-state index in [0.717, 1.165) is 29.9 Å². The minimum atomic E-state index is 0.0881. The van der Waals surface area contributed by atoms with Gasteiger partial charge in [0.05, 0.1) is 5.92 Å². The SMILES string of the molecule is Cc1cc(C)c(NC(=O)C2CNCC2C)c(C)c1. The summed E-state index contributed by atoms with van der Waals surface area (Å²) in [6.07, 6.45) is 0. The molecule has 0 radical (unpaired) electrons. The fourth-order valence-corrected chi connectivity index (χ4v) is 2.75. The molecule has 1 aromatic rings. The molecule has 98 valence electrons. The van der Waals surface area contributed by atoms with Crippen LogP contribution in [-0.4, -0.2) is 19.0 Å². The number of amides is 1. The number of hydrogen-bond acceptors (Lipinski definition) is 2. The predicted octanol–water partition coefficient (Wildman–Crippen LogP) is 2.41.